The lowest BCUT2D eigenvalue weighted by atomic mass is 10.1. The van der Waals surface area contributed by atoms with Crippen LogP contribution in [0.4, 0.5) is 5.69 Å². The number of anilines is 1. The second kappa shape index (κ2) is 7.08. The van der Waals surface area contributed by atoms with E-state index in [9.17, 15) is 9.90 Å². The van der Waals surface area contributed by atoms with E-state index in [4.69, 9.17) is 4.42 Å². The van der Waals surface area contributed by atoms with Crippen LogP contribution >= 0.6 is 0 Å². The van der Waals surface area contributed by atoms with Crippen molar-refractivity contribution in [1.82, 2.24) is 4.90 Å². The second-order valence-corrected chi connectivity index (χ2v) is 7.25. The Morgan fingerprint density at radius 1 is 1.04 bits per heavy atom. The fourth-order valence-electron chi connectivity index (χ4n) is 3.82. The number of phenols is 1. The first kappa shape index (κ1) is 17.6. The van der Waals surface area contributed by atoms with Crippen molar-refractivity contribution in [3.63, 3.8) is 0 Å². The predicted octanol–water partition coefficient (Wildman–Crippen LogP) is 3.44. The molecule has 1 fully saturated rings. The fourth-order valence-corrected chi connectivity index (χ4v) is 3.82. The number of aromatic hydroxyl groups is 1. The number of nitrogens with zero attached hydrogens (tertiary/aromatic N) is 2. The first-order chi connectivity index (χ1) is 13.0. The second-order valence-electron chi connectivity index (χ2n) is 7.25. The highest BCUT2D eigenvalue weighted by Crippen LogP contribution is 2.26. The highest BCUT2D eigenvalue weighted by molar-refractivity contribution is 5.81. The van der Waals surface area contributed by atoms with Gasteiger partial charge in [-0.15, -0.1) is 0 Å². The molecule has 5 nitrogen and oxygen atoms in total. The number of hydrogen-bond donors (Lipinski definition) is 1. The molecule has 2 aromatic carbocycles. The summed E-state index contributed by atoms with van der Waals surface area (Å²) >= 11 is 0. The van der Waals surface area contributed by atoms with Crippen LogP contribution in [0.2, 0.25) is 0 Å². The molecule has 0 atom stereocenters. The number of hydrogen-bond acceptors (Lipinski definition) is 5. The molecule has 0 amide bonds. The summed E-state index contributed by atoms with van der Waals surface area (Å²) in [6.07, 6.45) is 0. The van der Waals surface area contributed by atoms with E-state index in [0.29, 0.717) is 12.1 Å². The van der Waals surface area contributed by atoms with E-state index in [1.807, 2.05) is 6.07 Å². The summed E-state index contributed by atoms with van der Waals surface area (Å²) in [4.78, 5) is 16.7. The Morgan fingerprint density at radius 3 is 2.59 bits per heavy atom. The molecule has 1 N–H and O–H groups in total. The Morgan fingerprint density at radius 2 is 1.81 bits per heavy atom. The monoisotopic (exact) mass is 364 g/mol. The average molecular weight is 364 g/mol. The number of rotatable bonds is 3. The molecular weight excluding hydrogens is 340 g/mol. The fraction of sp³-hybridized carbons (Fsp3) is 0.318. The van der Waals surface area contributed by atoms with E-state index in [0.717, 1.165) is 37.1 Å². The summed E-state index contributed by atoms with van der Waals surface area (Å²) < 4.78 is 5.23. The zero-order valence-electron chi connectivity index (χ0n) is 15.7. The molecule has 27 heavy (non-hydrogen) atoms. The first-order valence-electron chi connectivity index (χ1n) is 9.30. The molecule has 5 heteroatoms. The van der Waals surface area contributed by atoms with Crippen LogP contribution in [0.25, 0.3) is 11.0 Å². The standard InChI is InChI=1S/C22H24N2O3/c1-15-4-3-5-20(16(15)2)24-10-8-23(9-11-24)14-17-12-22(26)27-21-13-18(25)6-7-19(17)21/h3-7,12-13,25H,8-11,14H2,1-2H3. The van der Waals surface area contributed by atoms with Crippen molar-refractivity contribution in [2.75, 3.05) is 31.1 Å². The highest BCUT2D eigenvalue weighted by atomic mass is 16.4. The number of piperazine rings is 1. The van der Waals surface area contributed by atoms with Crippen LogP contribution in [0.1, 0.15) is 16.7 Å². The number of fused-ring (bicyclic) bond motifs is 1. The van der Waals surface area contributed by atoms with E-state index in [1.165, 1.54) is 22.9 Å². The van der Waals surface area contributed by atoms with Crippen molar-refractivity contribution < 1.29 is 9.52 Å². The molecule has 2 heterocycles. The van der Waals surface area contributed by atoms with E-state index >= 15 is 0 Å². The zero-order valence-corrected chi connectivity index (χ0v) is 15.7. The average Bonchev–Trinajstić information content (AvgIpc) is 2.64. The Balaban J connectivity index is 1.51. The van der Waals surface area contributed by atoms with Crippen LogP contribution in [0.15, 0.2) is 51.7 Å². The largest absolute Gasteiger partial charge is 0.508 e. The molecule has 1 aliphatic heterocycles. The summed E-state index contributed by atoms with van der Waals surface area (Å²) in [5, 5.41) is 10.5. The van der Waals surface area contributed by atoms with Crippen molar-refractivity contribution in [1.29, 1.82) is 0 Å². The Bertz CT molecular complexity index is 1030. The summed E-state index contributed by atoms with van der Waals surface area (Å²) in [5.74, 6) is 0.102. The van der Waals surface area contributed by atoms with E-state index in [2.05, 4.69) is 41.8 Å². The minimum atomic E-state index is -0.378. The molecule has 0 saturated carbocycles. The van der Waals surface area contributed by atoms with Crippen LogP contribution in [-0.2, 0) is 6.54 Å². The SMILES string of the molecule is Cc1cccc(N2CCN(Cc3cc(=O)oc4cc(O)ccc34)CC2)c1C. The smallest absolute Gasteiger partial charge is 0.336 e. The van der Waals surface area contributed by atoms with Gasteiger partial charge in [0.25, 0.3) is 0 Å². The third kappa shape index (κ3) is 3.55. The topological polar surface area (TPSA) is 56.9 Å². The van der Waals surface area contributed by atoms with Gasteiger partial charge in [0.15, 0.2) is 0 Å². The molecule has 1 aromatic heterocycles. The molecule has 0 unspecified atom stereocenters. The van der Waals surface area contributed by atoms with Gasteiger partial charge in [-0.3, -0.25) is 4.90 Å². The molecule has 4 rings (SSSR count). The third-order valence-electron chi connectivity index (χ3n) is 5.50. The van der Waals surface area contributed by atoms with Gasteiger partial charge in [-0.25, -0.2) is 4.79 Å². The Kier molecular flexibility index (Phi) is 4.62. The summed E-state index contributed by atoms with van der Waals surface area (Å²) in [5.41, 5.74) is 4.99. The van der Waals surface area contributed by atoms with Gasteiger partial charge in [0.2, 0.25) is 0 Å². The van der Waals surface area contributed by atoms with Crippen LogP contribution < -0.4 is 10.5 Å². The van der Waals surface area contributed by atoms with Crippen LogP contribution in [0.3, 0.4) is 0 Å². The molecular formula is C22H24N2O3. The lowest BCUT2D eigenvalue weighted by Gasteiger charge is -2.37. The van der Waals surface area contributed by atoms with Crippen molar-refractivity contribution >= 4 is 16.7 Å². The summed E-state index contributed by atoms with van der Waals surface area (Å²) in [7, 11) is 0. The van der Waals surface area contributed by atoms with E-state index in [-0.39, 0.29) is 11.4 Å². The lowest BCUT2D eigenvalue weighted by Crippen LogP contribution is -2.46. The quantitative estimate of drug-likeness (QED) is 0.722. The Labute approximate surface area is 158 Å². The molecule has 0 radical (unpaired) electrons. The van der Waals surface area contributed by atoms with Gasteiger partial charge in [-0.1, -0.05) is 12.1 Å². The summed E-state index contributed by atoms with van der Waals surface area (Å²) in [6.45, 7) is 8.84. The van der Waals surface area contributed by atoms with Gasteiger partial charge in [0.1, 0.15) is 11.3 Å². The van der Waals surface area contributed by atoms with Gasteiger partial charge < -0.3 is 14.4 Å². The molecule has 0 bridgehead atoms. The number of phenolic OH excluding ortho intramolecular Hbond substituents is 1. The maximum Gasteiger partial charge on any atom is 0.336 e. The Hall–Kier alpha value is -2.79. The minimum Gasteiger partial charge on any atom is -0.508 e. The molecule has 0 spiro atoms. The lowest BCUT2D eigenvalue weighted by molar-refractivity contribution is 0.250. The van der Waals surface area contributed by atoms with Gasteiger partial charge in [-0.2, -0.15) is 0 Å². The van der Waals surface area contributed by atoms with Gasteiger partial charge >= 0.3 is 5.63 Å². The number of benzene rings is 2. The maximum absolute atomic E-state index is 11.9. The maximum atomic E-state index is 11.9. The number of aryl methyl sites for hydroxylation is 1. The van der Waals surface area contributed by atoms with E-state index in [1.54, 1.807) is 12.1 Å². The van der Waals surface area contributed by atoms with Crippen molar-refractivity contribution in [2.45, 2.75) is 20.4 Å². The predicted molar refractivity (Wildman–Crippen MR) is 108 cm³/mol. The van der Waals surface area contributed by atoms with Crippen molar-refractivity contribution in [3.8, 4) is 5.75 Å². The van der Waals surface area contributed by atoms with Crippen molar-refractivity contribution in [2.24, 2.45) is 0 Å². The van der Waals surface area contributed by atoms with E-state index < -0.39 is 0 Å². The van der Waals surface area contributed by atoms with Gasteiger partial charge in [0, 0.05) is 55.9 Å². The zero-order chi connectivity index (χ0) is 19.0. The molecule has 0 aliphatic carbocycles. The summed E-state index contributed by atoms with van der Waals surface area (Å²) in [6, 6.07) is 13.0. The molecule has 3 aromatic rings. The molecule has 1 saturated heterocycles. The highest BCUT2D eigenvalue weighted by Gasteiger charge is 2.20. The van der Waals surface area contributed by atoms with Crippen molar-refractivity contribution in [3.05, 3.63) is 69.6 Å². The van der Waals surface area contributed by atoms with Gasteiger partial charge in [0.05, 0.1) is 0 Å². The van der Waals surface area contributed by atoms with Crippen LogP contribution in [-0.4, -0.2) is 36.2 Å². The molecule has 140 valence electrons. The first-order valence-corrected chi connectivity index (χ1v) is 9.30. The minimum absolute atomic E-state index is 0.102. The van der Waals surface area contributed by atoms with Crippen LogP contribution in [0.5, 0.6) is 5.75 Å². The van der Waals surface area contributed by atoms with Gasteiger partial charge in [-0.05, 0) is 48.7 Å². The third-order valence-corrected chi connectivity index (χ3v) is 5.50. The normalized spacial score (nSPS) is 15.4. The van der Waals surface area contributed by atoms with Crippen LogP contribution in [0, 0.1) is 13.8 Å². The molecule has 1 aliphatic rings.